The molecular weight excluding hydrogens is 318 g/mol. The van der Waals surface area contributed by atoms with Gasteiger partial charge in [0.2, 0.25) is 0 Å². The maximum Gasteiger partial charge on any atom is 0.333 e. The molecule has 0 aromatic heterocycles. The van der Waals surface area contributed by atoms with Crippen LogP contribution in [0, 0.1) is 0 Å². The molecular formula is C16H18BrNO2. The average Bonchev–Trinajstić information content (AvgIpc) is 2.47. The van der Waals surface area contributed by atoms with Crippen LogP contribution >= 0.6 is 15.9 Å². The van der Waals surface area contributed by atoms with E-state index in [1.807, 2.05) is 30.4 Å². The van der Waals surface area contributed by atoms with Crippen molar-refractivity contribution in [2.45, 2.75) is 19.4 Å². The molecule has 0 saturated heterocycles. The van der Waals surface area contributed by atoms with Gasteiger partial charge in [-0.25, -0.2) is 4.79 Å². The molecule has 1 aromatic rings. The zero-order chi connectivity index (χ0) is 14.4. The van der Waals surface area contributed by atoms with E-state index in [4.69, 9.17) is 4.74 Å². The number of carbonyl (C=O) groups excluding carboxylic acids is 1. The lowest BCUT2D eigenvalue weighted by Crippen LogP contribution is -2.23. The Hall–Kier alpha value is -1.55. The number of carbonyl (C=O) groups is 1. The highest BCUT2D eigenvalue weighted by Gasteiger charge is 2.14. The molecule has 0 bridgehead atoms. The smallest absolute Gasteiger partial charge is 0.333 e. The van der Waals surface area contributed by atoms with E-state index in [1.54, 1.807) is 0 Å². The van der Waals surface area contributed by atoms with Gasteiger partial charge in [0.15, 0.2) is 0 Å². The molecule has 1 heterocycles. The average molecular weight is 336 g/mol. The lowest BCUT2D eigenvalue weighted by molar-refractivity contribution is -0.136. The van der Waals surface area contributed by atoms with E-state index in [1.165, 1.54) is 12.7 Å². The fraction of sp³-hybridized carbons (Fsp3) is 0.312. The van der Waals surface area contributed by atoms with E-state index in [-0.39, 0.29) is 5.97 Å². The van der Waals surface area contributed by atoms with Crippen molar-refractivity contribution < 1.29 is 9.53 Å². The first-order chi connectivity index (χ1) is 9.70. The van der Waals surface area contributed by atoms with Crippen LogP contribution in [-0.4, -0.2) is 24.5 Å². The lowest BCUT2D eigenvalue weighted by Gasteiger charge is -2.25. The molecule has 1 aliphatic rings. The van der Waals surface area contributed by atoms with Crippen molar-refractivity contribution in [1.29, 1.82) is 0 Å². The Bertz CT molecular complexity index is 523. The number of ether oxygens (including phenoxy) is 1. The molecule has 20 heavy (non-hydrogen) atoms. The van der Waals surface area contributed by atoms with Gasteiger partial charge in [-0.2, -0.15) is 0 Å². The van der Waals surface area contributed by atoms with Gasteiger partial charge >= 0.3 is 5.97 Å². The molecule has 0 fully saturated rings. The minimum Gasteiger partial charge on any atom is -0.466 e. The Kier molecular flexibility index (Phi) is 5.41. The highest BCUT2D eigenvalue weighted by atomic mass is 79.9. The predicted molar refractivity (Wildman–Crippen MR) is 83.2 cm³/mol. The van der Waals surface area contributed by atoms with Crippen LogP contribution in [0.2, 0.25) is 0 Å². The first kappa shape index (κ1) is 14.9. The Labute approximate surface area is 128 Å². The maximum absolute atomic E-state index is 11.6. The number of allylic oxidation sites excluding steroid dienone is 2. The van der Waals surface area contributed by atoms with Crippen LogP contribution in [0.25, 0.3) is 0 Å². The number of hydrogen-bond donors (Lipinski definition) is 0. The second kappa shape index (κ2) is 7.29. The fourth-order valence-electron chi connectivity index (χ4n) is 2.18. The molecule has 0 aliphatic carbocycles. The molecule has 1 aliphatic heterocycles. The van der Waals surface area contributed by atoms with Gasteiger partial charge in [-0.1, -0.05) is 30.3 Å². The zero-order valence-electron chi connectivity index (χ0n) is 11.5. The molecule has 4 heteroatoms. The first-order valence-corrected chi connectivity index (χ1v) is 7.43. The molecule has 0 radical (unpaired) electrons. The fourth-order valence-corrected chi connectivity index (χ4v) is 2.62. The van der Waals surface area contributed by atoms with Crippen molar-refractivity contribution in [1.82, 2.24) is 4.90 Å². The van der Waals surface area contributed by atoms with E-state index in [2.05, 4.69) is 33.0 Å². The molecule has 0 saturated carbocycles. The summed E-state index contributed by atoms with van der Waals surface area (Å²) in [5.41, 5.74) is 2.00. The lowest BCUT2D eigenvalue weighted by atomic mass is 10.1. The van der Waals surface area contributed by atoms with Gasteiger partial charge in [-0.05, 0) is 46.5 Å². The second-order valence-electron chi connectivity index (χ2n) is 4.68. The minimum absolute atomic E-state index is 0.238. The molecule has 0 unspecified atom stereocenters. The Morgan fingerprint density at radius 3 is 2.75 bits per heavy atom. The number of methoxy groups -OCH3 is 1. The summed E-state index contributed by atoms with van der Waals surface area (Å²) in [6.07, 6.45) is 5.44. The highest BCUT2D eigenvalue weighted by molar-refractivity contribution is 9.11. The first-order valence-electron chi connectivity index (χ1n) is 6.64. The van der Waals surface area contributed by atoms with Crippen LogP contribution in [0.5, 0.6) is 0 Å². The summed E-state index contributed by atoms with van der Waals surface area (Å²) in [4.78, 5) is 13.8. The van der Waals surface area contributed by atoms with Crippen molar-refractivity contribution in [2.24, 2.45) is 0 Å². The van der Waals surface area contributed by atoms with Gasteiger partial charge in [0, 0.05) is 18.7 Å². The maximum atomic E-state index is 11.6. The predicted octanol–water partition coefficient (Wildman–Crippen LogP) is 3.62. The van der Waals surface area contributed by atoms with Crippen LogP contribution < -0.4 is 0 Å². The van der Waals surface area contributed by atoms with E-state index in [0.29, 0.717) is 0 Å². The van der Waals surface area contributed by atoms with E-state index >= 15 is 0 Å². The van der Waals surface area contributed by atoms with Crippen molar-refractivity contribution in [3.05, 3.63) is 58.2 Å². The molecule has 0 N–H and O–H groups in total. The number of hydrogen-bond acceptors (Lipinski definition) is 3. The highest BCUT2D eigenvalue weighted by Crippen LogP contribution is 2.22. The zero-order valence-corrected chi connectivity index (χ0v) is 13.1. The summed E-state index contributed by atoms with van der Waals surface area (Å²) < 4.78 is 5.77. The third-order valence-corrected chi connectivity index (χ3v) is 4.03. The quantitative estimate of drug-likeness (QED) is 0.624. The molecule has 0 atom stereocenters. The van der Waals surface area contributed by atoms with Crippen LogP contribution in [0.15, 0.2) is 52.7 Å². The van der Waals surface area contributed by atoms with Gasteiger partial charge in [0.1, 0.15) is 0 Å². The van der Waals surface area contributed by atoms with Gasteiger partial charge in [-0.3, -0.25) is 0 Å². The van der Waals surface area contributed by atoms with Crippen LogP contribution in [0.3, 0.4) is 0 Å². The van der Waals surface area contributed by atoms with Crippen LogP contribution in [-0.2, 0) is 16.1 Å². The van der Waals surface area contributed by atoms with Crippen molar-refractivity contribution in [3.63, 3.8) is 0 Å². The number of halogens is 1. The van der Waals surface area contributed by atoms with Gasteiger partial charge in [-0.15, -0.1) is 0 Å². The molecule has 1 aromatic carbocycles. The summed E-state index contributed by atoms with van der Waals surface area (Å²) in [7, 11) is 1.42. The normalized spacial score (nSPS) is 15.8. The van der Waals surface area contributed by atoms with Gasteiger partial charge in [0.25, 0.3) is 0 Å². The van der Waals surface area contributed by atoms with Crippen LogP contribution in [0.4, 0.5) is 0 Å². The number of nitrogens with zero attached hydrogens (tertiary/aromatic N) is 1. The van der Waals surface area contributed by atoms with Crippen molar-refractivity contribution >= 4 is 21.9 Å². The standard InChI is InChI=1S/C16H18BrNO2/c1-20-16(19)14-8-5-11-18(15(17)10-9-14)12-13-6-3-2-4-7-13/h2-4,6-7,9-10H,5,8,11-12H2,1H3. The summed E-state index contributed by atoms with van der Waals surface area (Å²) in [5, 5.41) is 0. The van der Waals surface area contributed by atoms with Crippen LogP contribution in [0.1, 0.15) is 18.4 Å². The van der Waals surface area contributed by atoms with E-state index in [0.717, 1.165) is 36.1 Å². The van der Waals surface area contributed by atoms with Gasteiger partial charge < -0.3 is 9.64 Å². The monoisotopic (exact) mass is 335 g/mol. The molecule has 0 spiro atoms. The molecule has 106 valence electrons. The number of esters is 1. The summed E-state index contributed by atoms with van der Waals surface area (Å²) >= 11 is 3.59. The number of rotatable bonds is 3. The van der Waals surface area contributed by atoms with E-state index in [9.17, 15) is 4.79 Å². The third-order valence-electron chi connectivity index (χ3n) is 3.26. The summed E-state index contributed by atoms with van der Waals surface area (Å²) in [6.45, 7) is 1.76. The minimum atomic E-state index is -0.238. The second-order valence-corrected chi connectivity index (χ2v) is 5.50. The SMILES string of the molecule is COC(=O)C1=CC=C(Br)N(Cc2ccccc2)CCC1. The van der Waals surface area contributed by atoms with Gasteiger partial charge in [0.05, 0.1) is 11.7 Å². The summed E-state index contributed by atoms with van der Waals surface area (Å²) in [6, 6.07) is 10.4. The Morgan fingerprint density at radius 1 is 1.30 bits per heavy atom. The third kappa shape index (κ3) is 3.97. The molecule has 3 nitrogen and oxygen atoms in total. The number of benzene rings is 1. The summed E-state index contributed by atoms with van der Waals surface area (Å²) in [5.74, 6) is -0.238. The Balaban J connectivity index is 2.11. The largest absolute Gasteiger partial charge is 0.466 e. The topological polar surface area (TPSA) is 29.5 Å². The molecule has 0 amide bonds. The Morgan fingerprint density at radius 2 is 2.05 bits per heavy atom. The van der Waals surface area contributed by atoms with Crippen molar-refractivity contribution in [3.8, 4) is 0 Å². The molecule has 2 rings (SSSR count). The van der Waals surface area contributed by atoms with Crippen molar-refractivity contribution in [2.75, 3.05) is 13.7 Å². The van der Waals surface area contributed by atoms with E-state index < -0.39 is 0 Å².